The molecule has 0 saturated heterocycles. The molecule has 0 N–H and O–H groups in total. The van der Waals surface area contributed by atoms with Crippen molar-refractivity contribution in [2.75, 3.05) is 0 Å². The minimum atomic E-state index is 0.233. The molecule has 0 amide bonds. The highest BCUT2D eigenvalue weighted by Crippen LogP contribution is 2.01. The first kappa shape index (κ1) is 9.73. The van der Waals surface area contributed by atoms with Gasteiger partial charge in [-0.25, -0.2) is 0 Å². The largest absolute Gasteiger partial charge is 0.311 e. The maximum absolute atomic E-state index is 11.0. The zero-order chi connectivity index (χ0) is 7.98. The Hall–Kier alpha value is -0.265. The van der Waals surface area contributed by atoms with Gasteiger partial charge in [0, 0.05) is 0 Å². The van der Waals surface area contributed by atoms with Crippen LogP contribution in [-0.4, -0.2) is 12.4 Å². The van der Waals surface area contributed by atoms with Crippen LogP contribution in [0.1, 0.15) is 32.6 Å². The number of carbonyl (C=O) groups excluding carboxylic acids is 1. The maximum atomic E-state index is 11.0. The summed E-state index contributed by atoms with van der Waals surface area (Å²) in [6.07, 6.45) is 4.25. The second-order valence-corrected chi connectivity index (χ2v) is 3.08. The molecule has 0 aromatic heterocycles. The molecule has 0 aromatic rings. The van der Waals surface area contributed by atoms with Crippen LogP contribution in [0.15, 0.2) is 0 Å². The third kappa shape index (κ3) is 4.60. The number of hydrogen-bond acceptors (Lipinski definition) is 1. The maximum Gasteiger partial charge on any atom is 0.217 e. The van der Waals surface area contributed by atoms with Crippen LogP contribution in [0.3, 0.4) is 0 Å². The summed E-state index contributed by atoms with van der Waals surface area (Å²) in [4.78, 5) is 11.0. The molecule has 0 aliphatic carbocycles. The molecule has 0 radical (unpaired) electrons. The molecule has 0 aliphatic heterocycles. The summed E-state index contributed by atoms with van der Waals surface area (Å²) < 4.78 is 0. The van der Waals surface area contributed by atoms with Crippen LogP contribution in [0.4, 0.5) is 0 Å². The Morgan fingerprint density at radius 1 is 1.30 bits per heavy atom. The Balaban J connectivity index is 3.22. The van der Waals surface area contributed by atoms with E-state index in [4.69, 9.17) is 0 Å². The van der Waals surface area contributed by atoms with E-state index in [0.717, 1.165) is 12.8 Å². The van der Waals surface area contributed by atoms with Gasteiger partial charge < -0.3 is 4.79 Å². The molecule has 0 bridgehead atoms. The first-order valence-electron chi connectivity index (χ1n) is 4.21. The average molecular weight is 140 g/mol. The standard InChI is InChI=1S/C8H17BO/c1-4-5-6-7-8(10)9(2)3/h4-7H2,1-3H3. The molecule has 0 aliphatic rings. The van der Waals surface area contributed by atoms with Gasteiger partial charge in [-0.3, -0.25) is 0 Å². The van der Waals surface area contributed by atoms with Gasteiger partial charge in [-0.2, -0.15) is 0 Å². The molecule has 10 heavy (non-hydrogen) atoms. The van der Waals surface area contributed by atoms with E-state index >= 15 is 0 Å². The van der Waals surface area contributed by atoms with Crippen LogP contribution in [0.5, 0.6) is 0 Å². The number of hydrogen-bond donors (Lipinski definition) is 0. The summed E-state index contributed by atoms with van der Waals surface area (Å²) in [5.41, 5.74) is 0.411. The summed E-state index contributed by atoms with van der Waals surface area (Å²) >= 11 is 0. The lowest BCUT2D eigenvalue weighted by atomic mass is 9.50. The fourth-order valence-corrected chi connectivity index (χ4v) is 0.838. The summed E-state index contributed by atoms with van der Waals surface area (Å²) in [5, 5.41) is 0. The summed E-state index contributed by atoms with van der Waals surface area (Å²) in [7, 11) is 0. The zero-order valence-corrected chi connectivity index (χ0v) is 7.31. The first-order chi connectivity index (χ1) is 4.68. The molecule has 0 heterocycles. The quantitative estimate of drug-likeness (QED) is 0.423. The molecule has 0 spiro atoms. The predicted octanol–water partition coefficient (Wildman–Crippen LogP) is 2.43. The minimum Gasteiger partial charge on any atom is -0.311 e. The Kier molecular flexibility index (Phi) is 5.37. The van der Waals surface area contributed by atoms with Gasteiger partial charge in [0.1, 0.15) is 0 Å². The lowest BCUT2D eigenvalue weighted by Gasteiger charge is -1.99. The topological polar surface area (TPSA) is 17.1 Å². The van der Waals surface area contributed by atoms with Crippen molar-refractivity contribution in [1.82, 2.24) is 0 Å². The van der Waals surface area contributed by atoms with E-state index in [2.05, 4.69) is 6.92 Å². The molecule has 1 nitrogen and oxygen atoms in total. The van der Waals surface area contributed by atoms with Crippen molar-refractivity contribution >= 4 is 12.4 Å². The molecular weight excluding hydrogens is 123 g/mol. The molecule has 0 atom stereocenters. The minimum absolute atomic E-state index is 0.233. The van der Waals surface area contributed by atoms with Gasteiger partial charge in [-0.05, 0) is 12.8 Å². The molecule has 58 valence electrons. The molecule has 0 fully saturated rings. The molecular formula is C8H17BO. The fraction of sp³-hybridized carbons (Fsp3) is 0.875. The second-order valence-electron chi connectivity index (χ2n) is 3.08. The van der Waals surface area contributed by atoms with Crippen molar-refractivity contribution in [3.63, 3.8) is 0 Å². The highest BCUT2D eigenvalue weighted by Gasteiger charge is 2.08. The van der Waals surface area contributed by atoms with Crippen molar-refractivity contribution in [3.8, 4) is 0 Å². The molecule has 0 rings (SSSR count). The van der Waals surface area contributed by atoms with Gasteiger partial charge in [0.2, 0.25) is 6.71 Å². The Labute approximate surface area is 64.3 Å². The third-order valence-corrected chi connectivity index (χ3v) is 1.67. The van der Waals surface area contributed by atoms with Crippen LogP contribution < -0.4 is 0 Å². The zero-order valence-electron chi connectivity index (χ0n) is 7.31. The van der Waals surface area contributed by atoms with Crippen LogP contribution in [0.2, 0.25) is 13.6 Å². The van der Waals surface area contributed by atoms with E-state index in [1.807, 2.05) is 13.6 Å². The SMILES string of the molecule is CCCCCC(=O)B(C)C. The number of rotatable bonds is 5. The predicted molar refractivity (Wildman–Crippen MR) is 46.6 cm³/mol. The van der Waals surface area contributed by atoms with Crippen LogP contribution in [0, 0.1) is 0 Å². The number of unbranched alkanes of at least 4 members (excludes halogenated alkanes) is 2. The smallest absolute Gasteiger partial charge is 0.217 e. The van der Waals surface area contributed by atoms with E-state index in [1.54, 1.807) is 0 Å². The van der Waals surface area contributed by atoms with Gasteiger partial charge in [-0.1, -0.05) is 33.4 Å². The Bertz CT molecular complexity index is 99.4. The second kappa shape index (κ2) is 5.51. The summed E-state index contributed by atoms with van der Waals surface area (Å²) in [6.45, 7) is 6.32. The normalized spacial score (nSPS) is 9.50. The highest BCUT2D eigenvalue weighted by atomic mass is 16.1. The summed E-state index contributed by atoms with van der Waals surface area (Å²) in [6, 6.07) is 0. The lowest BCUT2D eigenvalue weighted by Crippen LogP contribution is -2.16. The molecule has 2 heteroatoms. The van der Waals surface area contributed by atoms with Crippen LogP contribution >= 0.6 is 0 Å². The van der Waals surface area contributed by atoms with E-state index in [1.165, 1.54) is 12.8 Å². The molecule has 0 saturated carbocycles. The van der Waals surface area contributed by atoms with E-state index < -0.39 is 0 Å². The average Bonchev–Trinajstić information content (AvgIpc) is 1.88. The van der Waals surface area contributed by atoms with Crippen molar-refractivity contribution in [3.05, 3.63) is 0 Å². The van der Waals surface area contributed by atoms with Crippen LogP contribution in [-0.2, 0) is 4.79 Å². The van der Waals surface area contributed by atoms with Crippen molar-refractivity contribution in [2.45, 2.75) is 46.3 Å². The highest BCUT2D eigenvalue weighted by molar-refractivity contribution is 6.88. The fourth-order valence-electron chi connectivity index (χ4n) is 0.838. The first-order valence-corrected chi connectivity index (χ1v) is 4.21. The van der Waals surface area contributed by atoms with Crippen molar-refractivity contribution in [2.24, 2.45) is 0 Å². The van der Waals surface area contributed by atoms with E-state index in [-0.39, 0.29) is 6.71 Å². The van der Waals surface area contributed by atoms with Gasteiger partial charge in [0.25, 0.3) is 0 Å². The lowest BCUT2D eigenvalue weighted by molar-refractivity contribution is -0.112. The summed E-state index contributed by atoms with van der Waals surface area (Å²) in [5.74, 6) is 0. The van der Waals surface area contributed by atoms with Crippen molar-refractivity contribution < 1.29 is 4.79 Å². The number of carbonyl (C=O) groups is 1. The van der Waals surface area contributed by atoms with Crippen molar-refractivity contribution in [1.29, 1.82) is 0 Å². The van der Waals surface area contributed by atoms with Gasteiger partial charge in [0.15, 0.2) is 0 Å². The molecule has 0 aromatic carbocycles. The van der Waals surface area contributed by atoms with Gasteiger partial charge in [-0.15, -0.1) is 0 Å². The third-order valence-electron chi connectivity index (χ3n) is 1.67. The Morgan fingerprint density at radius 2 is 1.90 bits per heavy atom. The van der Waals surface area contributed by atoms with Gasteiger partial charge >= 0.3 is 0 Å². The van der Waals surface area contributed by atoms with E-state index in [9.17, 15) is 4.79 Å². The molecule has 0 unspecified atom stereocenters. The monoisotopic (exact) mass is 140 g/mol. The van der Waals surface area contributed by atoms with E-state index in [0.29, 0.717) is 5.68 Å². The van der Waals surface area contributed by atoms with Gasteiger partial charge in [0.05, 0.1) is 5.68 Å². The Morgan fingerprint density at radius 3 is 2.30 bits per heavy atom. The van der Waals surface area contributed by atoms with Crippen LogP contribution in [0.25, 0.3) is 0 Å².